The first-order valence-electron chi connectivity index (χ1n) is 7.80. The summed E-state index contributed by atoms with van der Waals surface area (Å²) in [5, 5.41) is 3.41. The van der Waals surface area contributed by atoms with Crippen LogP contribution in [0.25, 0.3) is 0 Å². The van der Waals surface area contributed by atoms with Gasteiger partial charge in [0.05, 0.1) is 4.90 Å². The third kappa shape index (κ3) is 3.30. The summed E-state index contributed by atoms with van der Waals surface area (Å²) in [5.41, 5.74) is 2.01. The minimum atomic E-state index is -3.38. The van der Waals surface area contributed by atoms with Gasteiger partial charge in [-0.05, 0) is 69.3 Å². The lowest BCUT2D eigenvalue weighted by molar-refractivity contribution is 0.363. The van der Waals surface area contributed by atoms with Gasteiger partial charge >= 0.3 is 0 Å². The van der Waals surface area contributed by atoms with Crippen molar-refractivity contribution >= 4 is 10.0 Å². The first-order chi connectivity index (χ1) is 9.96. The highest BCUT2D eigenvalue weighted by Crippen LogP contribution is 2.33. The molecule has 1 aromatic rings. The SMILES string of the molecule is Cc1cc(C)cc(S(=O)(=O)N(CC2CCCN2)C2CC2)c1. The molecule has 1 aliphatic carbocycles. The monoisotopic (exact) mass is 308 g/mol. The molecular weight excluding hydrogens is 284 g/mol. The lowest BCUT2D eigenvalue weighted by Gasteiger charge is -2.25. The van der Waals surface area contributed by atoms with Crippen molar-refractivity contribution in [1.29, 1.82) is 0 Å². The molecule has 1 atom stereocenters. The first kappa shape index (κ1) is 15.0. The van der Waals surface area contributed by atoms with Crippen LogP contribution >= 0.6 is 0 Å². The van der Waals surface area contributed by atoms with Crippen LogP contribution in [-0.2, 0) is 10.0 Å². The quantitative estimate of drug-likeness (QED) is 0.907. The van der Waals surface area contributed by atoms with Crippen LogP contribution in [0.15, 0.2) is 23.1 Å². The van der Waals surface area contributed by atoms with Crippen molar-refractivity contribution in [3.63, 3.8) is 0 Å². The molecule has 3 rings (SSSR count). The van der Waals surface area contributed by atoms with Gasteiger partial charge in [-0.3, -0.25) is 0 Å². The van der Waals surface area contributed by atoms with Gasteiger partial charge in [0.25, 0.3) is 0 Å². The minimum absolute atomic E-state index is 0.207. The number of benzene rings is 1. The zero-order valence-electron chi connectivity index (χ0n) is 12.8. The number of sulfonamides is 1. The smallest absolute Gasteiger partial charge is 0.243 e. The molecule has 0 spiro atoms. The van der Waals surface area contributed by atoms with Crippen LogP contribution in [0.2, 0.25) is 0 Å². The zero-order valence-corrected chi connectivity index (χ0v) is 13.6. The van der Waals surface area contributed by atoms with Crippen molar-refractivity contribution < 1.29 is 8.42 Å². The van der Waals surface area contributed by atoms with Crippen molar-refractivity contribution in [2.24, 2.45) is 0 Å². The van der Waals surface area contributed by atoms with Crippen molar-refractivity contribution in [2.75, 3.05) is 13.1 Å². The molecule has 1 unspecified atom stereocenters. The van der Waals surface area contributed by atoms with E-state index in [0.29, 0.717) is 17.5 Å². The van der Waals surface area contributed by atoms with Gasteiger partial charge in [0.1, 0.15) is 0 Å². The van der Waals surface area contributed by atoms with E-state index in [4.69, 9.17) is 0 Å². The molecule has 116 valence electrons. The van der Waals surface area contributed by atoms with E-state index in [1.165, 1.54) is 0 Å². The van der Waals surface area contributed by atoms with E-state index in [-0.39, 0.29) is 6.04 Å². The van der Waals surface area contributed by atoms with E-state index in [9.17, 15) is 8.42 Å². The van der Waals surface area contributed by atoms with Crippen LogP contribution in [0.4, 0.5) is 0 Å². The Balaban J connectivity index is 1.89. The number of aryl methyl sites for hydroxylation is 2. The molecule has 0 aromatic heterocycles. The number of nitrogens with zero attached hydrogens (tertiary/aromatic N) is 1. The second-order valence-corrected chi connectivity index (χ2v) is 8.31. The Morgan fingerprint density at radius 3 is 2.33 bits per heavy atom. The van der Waals surface area contributed by atoms with Crippen LogP contribution in [-0.4, -0.2) is 37.9 Å². The molecule has 21 heavy (non-hydrogen) atoms. The zero-order chi connectivity index (χ0) is 15.0. The van der Waals surface area contributed by atoms with Crippen molar-refractivity contribution in [1.82, 2.24) is 9.62 Å². The molecule has 5 heteroatoms. The number of nitrogens with one attached hydrogen (secondary N) is 1. The molecule has 0 radical (unpaired) electrons. The van der Waals surface area contributed by atoms with Gasteiger partial charge in [0.2, 0.25) is 10.0 Å². The van der Waals surface area contributed by atoms with Crippen LogP contribution in [0.3, 0.4) is 0 Å². The predicted molar refractivity (Wildman–Crippen MR) is 83.9 cm³/mol. The Hall–Kier alpha value is -0.910. The molecule has 1 aliphatic heterocycles. The topological polar surface area (TPSA) is 49.4 Å². The number of hydrogen-bond donors (Lipinski definition) is 1. The van der Waals surface area contributed by atoms with Gasteiger partial charge < -0.3 is 5.32 Å². The predicted octanol–water partition coefficient (Wildman–Crippen LogP) is 2.21. The van der Waals surface area contributed by atoms with E-state index in [0.717, 1.165) is 43.4 Å². The first-order valence-corrected chi connectivity index (χ1v) is 9.24. The molecule has 1 saturated heterocycles. The largest absolute Gasteiger partial charge is 0.313 e. The van der Waals surface area contributed by atoms with Gasteiger partial charge in [-0.25, -0.2) is 8.42 Å². The molecule has 1 heterocycles. The summed E-state index contributed by atoms with van der Waals surface area (Å²) in [6.07, 6.45) is 4.21. The van der Waals surface area contributed by atoms with E-state index >= 15 is 0 Å². The van der Waals surface area contributed by atoms with E-state index in [1.54, 1.807) is 16.4 Å². The lowest BCUT2D eigenvalue weighted by Crippen LogP contribution is -2.42. The summed E-state index contributed by atoms with van der Waals surface area (Å²) in [4.78, 5) is 0.449. The standard InChI is InChI=1S/C16H24N2O2S/c1-12-8-13(2)10-16(9-12)21(19,20)18(15-5-6-15)11-14-4-3-7-17-14/h8-10,14-15,17H,3-7,11H2,1-2H3. The maximum atomic E-state index is 13.0. The molecule has 2 fully saturated rings. The summed E-state index contributed by atoms with van der Waals surface area (Å²) in [5.74, 6) is 0. The van der Waals surface area contributed by atoms with Crippen LogP contribution < -0.4 is 5.32 Å². The number of rotatable bonds is 5. The number of hydrogen-bond acceptors (Lipinski definition) is 3. The molecule has 4 nitrogen and oxygen atoms in total. The summed E-state index contributed by atoms with van der Waals surface area (Å²) in [6, 6.07) is 6.11. The molecule has 1 saturated carbocycles. The van der Waals surface area contributed by atoms with Gasteiger partial charge in [-0.2, -0.15) is 4.31 Å². The highest BCUT2D eigenvalue weighted by Gasteiger charge is 2.39. The summed E-state index contributed by atoms with van der Waals surface area (Å²) in [7, 11) is -3.38. The van der Waals surface area contributed by atoms with Gasteiger partial charge in [-0.1, -0.05) is 6.07 Å². The van der Waals surface area contributed by atoms with Crippen LogP contribution in [0, 0.1) is 13.8 Å². The Kier molecular flexibility index (Phi) is 4.08. The van der Waals surface area contributed by atoms with Crippen LogP contribution in [0.1, 0.15) is 36.8 Å². The minimum Gasteiger partial charge on any atom is -0.313 e. The average Bonchev–Trinajstić information content (AvgIpc) is 3.11. The van der Waals surface area contributed by atoms with Gasteiger partial charge in [-0.15, -0.1) is 0 Å². The Labute approximate surface area is 127 Å². The summed E-state index contributed by atoms with van der Waals surface area (Å²) in [6.45, 7) is 5.52. The Morgan fingerprint density at radius 2 is 1.81 bits per heavy atom. The third-order valence-electron chi connectivity index (χ3n) is 4.32. The Morgan fingerprint density at radius 1 is 1.14 bits per heavy atom. The van der Waals surface area contributed by atoms with Crippen molar-refractivity contribution in [2.45, 2.75) is 56.5 Å². The molecular formula is C16H24N2O2S. The van der Waals surface area contributed by atoms with Gasteiger partial charge in [0.15, 0.2) is 0 Å². The lowest BCUT2D eigenvalue weighted by atomic mass is 10.2. The van der Waals surface area contributed by atoms with E-state index in [2.05, 4.69) is 5.32 Å². The maximum Gasteiger partial charge on any atom is 0.243 e. The highest BCUT2D eigenvalue weighted by atomic mass is 32.2. The normalized spacial score (nSPS) is 22.9. The van der Waals surface area contributed by atoms with Crippen molar-refractivity contribution in [3.8, 4) is 0 Å². The third-order valence-corrected chi connectivity index (χ3v) is 6.21. The van der Waals surface area contributed by atoms with Gasteiger partial charge in [0, 0.05) is 18.6 Å². The fraction of sp³-hybridized carbons (Fsp3) is 0.625. The molecule has 0 amide bonds. The highest BCUT2D eigenvalue weighted by molar-refractivity contribution is 7.89. The molecule has 1 aromatic carbocycles. The molecule has 0 bridgehead atoms. The van der Waals surface area contributed by atoms with E-state index in [1.807, 2.05) is 19.9 Å². The maximum absolute atomic E-state index is 13.0. The second-order valence-electron chi connectivity index (χ2n) is 6.42. The second kappa shape index (κ2) is 5.71. The van der Waals surface area contributed by atoms with E-state index < -0.39 is 10.0 Å². The van der Waals surface area contributed by atoms with Crippen LogP contribution in [0.5, 0.6) is 0 Å². The van der Waals surface area contributed by atoms with Crippen molar-refractivity contribution in [3.05, 3.63) is 29.3 Å². The summed E-state index contributed by atoms with van der Waals surface area (Å²) >= 11 is 0. The average molecular weight is 308 g/mol. The Bertz CT molecular complexity index is 597. The fourth-order valence-corrected chi connectivity index (χ4v) is 5.07. The fourth-order valence-electron chi connectivity index (χ4n) is 3.15. The summed E-state index contributed by atoms with van der Waals surface area (Å²) < 4.78 is 27.7. The molecule has 1 N–H and O–H groups in total. The molecule has 2 aliphatic rings.